The van der Waals surface area contributed by atoms with E-state index in [-0.39, 0.29) is 16.5 Å². The monoisotopic (exact) mass is 330 g/mol. The fourth-order valence-electron chi connectivity index (χ4n) is 2.67. The van der Waals surface area contributed by atoms with Crippen LogP contribution in [0.3, 0.4) is 0 Å². The molecule has 0 saturated heterocycles. The highest BCUT2D eigenvalue weighted by Crippen LogP contribution is 2.21. The van der Waals surface area contributed by atoms with Crippen LogP contribution in [0, 0.1) is 0 Å². The standard InChI is InChI=1S/C17H18N2O5/c1-4-13-18-16-14(17(21)19(13)7-8-22-2)15(20)11-6-5-10(23-3)9-12(11)24-16/h5-6,9H,4,7-8H2,1-3H3. The summed E-state index contributed by atoms with van der Waals surface area (Å²) in [4.78, 5) is 29.9. The fourth-order valence-corrected chi connectivity index (χ4v) is 2.67. The number of methoxy groups -OCH3 is 2. The quantitative estimate of drug-likeness (QED) is 0.662. The Morgan fingerprint density at radius 2 is 2.04 bits per heavy atom. The van der Waals surface area contributed by atoms with Gasteiger partial charge in [0.2, 0.25) is 11.1 Å². The van der Waals surface area contributed by atoms with E-state index in [1.165, 1.54) is 11.7 Å². The molecule has 0 unspecified atom stereocenters. The summed E-state index contributed by atoms with van der Waals surface area (Å²) >= 11 is 0. The number of fused-ring (bicyclic) bond motifs is 2. The zero-order chi connectivity index (χ0) is 17.3. The van der Waals surface area contributed by atoms with E-state index in [0.717, 1.165) is 0 Å². The molecule has 3 rings (SSSR count). The Hall–Kier alpha value is -2.67. The smallest absolute Gasteiger partial charge is 0.268 e. The summed E-state index contributed by atoms with van der Waals surface area (Å²) in [6.45, 7) is 2.58. The van der Waals surface area contributed by atoms with E-state index >= 15 is 0 Å². The van der Waals surface area contributed by atoms with Gasteiger partial charge in [0.05, 0.1) is 25.6 Å². The van der Waals surface area contributed by atoms with E-state index in [1.54, 1.807) is 25.3 Å². The van der Waals surface area contributed by atoms with Gasteiger partial charge in [0, 0.05) is 19.6 Å². The first kappa shape index (κ1) is 16.2. The minimum absolute atomic E-state index is 0.0408. The van der Waals surface area contributed by atoms with Crippen molar-refractivity contribution < 1.29 is 13.9 Å². The average molecular weight is 330 g/mol. The van der Waals surface area contributed by atoms with Crippen LogP contribution < -0.4 is 15.7 Å². The van der Waals surface area contributed by atoms with Crippen LogP contribution in [0.2, 0.25) is 0 Å². The van der Waals surface area contributed by atoms with E-state index < -0.39 is 5.56 Å². The number of hydrogen-bond donors (Lipinski definition) is 0. The molecule has 7 heteroatoms. The summed E-state index contributed by atoms with van der Waals surface area (Å²) in [5.41, 5.74) is -0.396. The number of nitrogens with zero attached hydrogens (tertiary/aromatic N) is 2. The Bertz CT molecular complexity index is 1020. The van der Waals surface area contributed by atoms with Gasteiger partial charge in [-0.1, -0.05) is 6.92 Å². The Balaban J connectivity index is 2.38. The number of ether oxygens (including phenoxy) is 2. The molecule has 0 aliphatic carbocycles. The summed E-state index contributed by atoms with van der Waals surface area (Å²) in [6.07, 6.45) is 0.536. The zero-order valence-electron chi connectivity index (χ0n) is 13.8. The summed E-state index contributed by atoms with van der Waals surface area (Å²) in [5, 5.41) is 0.283. The third kappa shape index (κ3) is 2.56. The van der Waals surface area contributed by atoms with Crippen LogP contribution in [0.1, 0.15) is 12.7 Å². The molecule has 7 nitrogen and oxygen atoms in total. The molecule has 0 atom stereocenters. The molecular formula is C17H18N2O5. The van der Waals surface area contributed by atoms with Crippen LogP contribution in [0.4, 0.5) is 0 Å². The highest BCUT2D eigenvalue weighted by atomic mass is 16.5. The van der Waals surface area contributed by atoms with Crippen molar-refractivity contribution in [2.45, 2.75) is 19.9 Å². The summed E-state index contributed by atoms with van der Waals surface area (Å²) in [7, 11) is 3.09. The normalized spacial score (nSPS) is 11.3. The second-order valence-electron chi connectivity index (χ2n) is 5.30. The maximum atomic E-state index is 12.8. The molecule has 0 N–H and O–H groups in total. The van der Waals surface area contributed by atoms with Gasteiger partial charge in [-0.05, 0) is 12.1 Å². The second kappa shape index (κ2) is 6.45. The van der Waals surface area contributed by atoms with Crippen molar-refractivity contribution >= 4 is 22.1 Å². The lowest BCUT2D eigenvalue weighted by molar-refractivity contribution is 0.185. The minimum atomic E-state index is -0.402. The van der Waals surface area contributed by atoms with Gasteiger partial charge in [0.15, 0.2) is 5.39 Å². The minimum Gasteiger partial charge on any atom is -0.497 e. The number of hydrogen-bond acceptors (Lipinski definition) is 6. The van der Waals surface area contributed by atoms with Gasteiger partial charge in [-0.25, -0.2) is 0 Å². The van der Waals surface area contributed by atoms with E-state index in [0.29, 0.717) is 42.1 Å². The molecule has 3 aromatic rings. The predicted molar refractivity (Wildman–Crippen MR) is 89.9 cm³/mol. The number of aromatic nitrogens is 2. The van der Waals surface area contributed by atoms with Gasteiger partial charge >= 0.3 is 0 Å². The molecule has 1 aromatic carbocycles. The SMILES string of the molecule is CCc1nc2oc3cc(OC)ccc3c(=O)c2c(=O)n1CCOC. The van der Waals surface area contributed by atoms with Crippen molar-refractivity contribution in [2.75, 3.05) is 20.8 Å². The van der Waals surface area contributed by atoms with Crippen LogP contribution in [0.5, 0.6) is 5.75 Å². The lowest BCUT2D eigenvalue weighted by atomic mass is 10.2. The molecule has 2 aromatic heterocycles. The Morgan fingerprint density at radius 3 is 2.71 bits per heavy atom. The van der Waals surface area contributed by atoms with Gasteiger partial charge in [0.1, 0.15) is 17.2 Å². The fraction of sp³-hybridized carbons (Fsp3) is 0.353. The van der Waals surface area contributed by atoms with Crippen LogP contribution in [0.15, 0.2) is 32.2 Å². The summed E-state index contributed by atoms with van der Waals surface area (Å²) in [6, 6.07) is 4.86. The molecule has 0 aliphatic rings. The number of aryl methyl sites for hydroxylation is 1. The van der Waals surface area contributed by atoms with Crippen molar-refractivity contribution in [3.05, 3.63) is 44.6 Å². The largest absolute Gasteiger partial charge is 0.497 e. The number of benzene rings is 1. The van der Waals surface area contributed by atoms with Crippen LogP contribution in [-0.2, 0) is 17.7 Å². The molecule has 0 aliphatic heterocycles. The summed E-state index contributed by atoms with van der Waals surface area (Å²) in [5.74, 6) is 1.11. The maximum absolute atomic E-state index is 12.8. The van der Waals surface area contributed by atoms with Crippen molar-refractivity contribution in [2.24, 2.45) is 0 Å². The van der Waals surface area contributed by atoms with Crippen molar-refractivity contribution in [3.63, 3.8) is 0 Å². The van der Waals surface area contributed by atoms with E-state index in [4.69, 9.17) is 13.9 Å². The predicted octanol–water partition coefficient (Wildman–Crippen LogP) is 1.72. The molecule has 0 fully saturated rings. The third-order valence-corrected chi connectivity index (χ3v) is 3.92. The third-order valence-electron chi connectivity index (χ3n) is 3.92. The number of rotatable bonds is 5. The molecular weight excluding hydrogens is 312 g/mol. The molecule has 0 amide bonds. The Morgan fingerprint density at radius 1 is 1.25 bits per heavy atom. The highest BCUT2D eigenvalue weighted by molar-refractivity contribution is 5.88. The van der Waals surface area contributed by atoms with Gasteiger partial charge < -0.3 is 13.9 Å². The van der Waals surface area contributed by atoms with Crippen molar-refractivity contribution in [3.8, 4) is 5.75 Å². The van der Waals surface area contributed by atoms with Crippen LogP contribution >= 0.6 is 0 Å². The molecule has 2 heterocycles. The van der Waals surface area contributed by atoms with Crippen LogP contribution in [0.25, 0.3) is 22.1 Å². The molecule has 0 radical (unpaired) electrons. The van der Waals surface area contributed by atoms with Crippen molar-refractivity contribution in [1.82, 2.24) is 9.55 Å². The van der Waals surface area contributed by atoms with Gasteiger partial charge in [-0.2, -0.15) is 4.98 Å². The highest BCUT2D eigenvalue weighted by Gasteiger charge is 2.17. The first-order chi connectivity index (χ1) is 11.6. The van der Waals surface area contributed by atoms with Crippen LogP contribution in [-0.4, -0.2) is 30.4 Å². The van der Waals surface area contributed by atoms with E-state index in [2.05, 4.69) is 4.98 Å². The van der Waals surface area contributed by atoms with E-state index in [9.17, 15) is 9.59 Å². The molecule has 0 spiro atoms. The van der Waals surface area contributed by atoms with Gasteiger partial charge in [0.25, 0.3) is 5.56 Å². The maximum Gasteiger partial charge on any atom is 0.268 e. The molecule has 24 heavy (non-hydrogen) atoms. The van der Waals surface area contributed by atoms with Gasteiger partial charge in [-0.15, -0.1) is 0 Å². The lowest BCUT2D eigenvalue weighted by Gasteiger charge is -2.11. The average Bonchev–Trinajstić information content (AvgIpc) is 2.60. The topological polar surface area (TPSA) is 83.6 Å². The molecule has 126 valence electrons. The zero-order valence-corrected chi connectivity index (χ0v) is 13.8. The molecule has 0 saturated carbocycles. The first-order valence-corrected chi connectivity index (χ1v) is 7.64. The van der Waals surface area contributed by atoms with Gasteiger partial charge in [-0.3, -0.25) is 14.2 Å². The lowest BCUT2D eigenvalue weighted by Crippen LogP contribution is -2.30. The Labute approximate surface area is 137 Å². The first-order valence-electron chi connectivity index (χ1n) is 7.64. The second-order valence-corrected chi connectivity index (χ2v) is 5.30. The summed E-state index contributed by atoms with van der Waals surface area (Å²) < 4.78 is 17.4. The Kier molecular flexibility index (Phi) is 4.35. The van der Waals surface area contributed by atoms with E-state index in [1.807, 2.05) is 6.92 Å². The molecule has 0 bridgehead atoms. The van der Waals surface area contributed by atoms with Crippen molar-refractivity contribution in [1.29, 1.82) is 0 Å².